The highest BCUT2D eigenvalue weighted by atomic mass is 32.2. The van der Waals surface area contributed by atoms with Crippen LogP contribution in [-0.2, 0) is 14.8 Å². The second kappa shape index (κ2) is 5.54. The molecule has 27 heavy (non-hydrogen) atoms. The number of hydrogen-bond acceptors (Lipinski definition) is 7. The van der Waals surface area contributed by atoms with Crippen LogP contribution in [0, 0.1) is 0 Å². The maximum atomic E-state index is 12.4. The Balaban J connectivity index is 1.77. The number of benzene rings is 1. The van der Waals surface area contributed by atoms with E-state index in [2.05, 4.69) is 10.3 Å². The van der Waals surface area contributed by atoms with Crippen LogP contribution < -0.4 is 15.4 Å². The monoisotopic (exact) mass is 390 g/mol. The topological polar surface area (TPSA) is 128 Å². The number of guanidine groups is 1. The van der Waals surface area contributed by atoms with Crippen molar-refractivity contribution in [2.45, 2.75) is 31.0 Å². The minimum Gasteiger partial charge on any atom is -0.303 e. The molecule has 3 aliphatic heterocycles. The fraction of sp³-hybridized carbons (Fsp3) is 0.312. The number of nitrogens with one attached hydrogen (secondary N) is 1. The number of allylic oxidation sites excluding steroid dienone is 2. The molecule has 11 heteroatoms. The molecular formula is C16H18N6O4S. The van der Waals surface area contributed by atoms with Gasteiger partial charge in [0.15, 0.2) is 12.2 Å². The van der Waals surface area contributed by atoms with Gasteiger partial charge in [0, 0.05) is 24.1 Å². The van der Waals surface area contributed by atoms with Gasteiger partial charge in [0.1, 0.15) is 0 Å². The van der Waals surface area contributed by atoms with E-state index >= 15 is 0 Å². The van der Waals surface area contributed by atoms with Crippen molar-refractivity contribution in [2.24, 2.45) is 10.1 Å². The van der Waals surface area contributed by atoms with Crippen LogP contribution in [0.4, 0.5) is 10.5 Å². The third-order valence-electron chi connectivity index (χ3n) is 5.08. The van der Waals surface area contributed by atoms with E-state index in [-0.39, 0.29) is 4.90 Å². The van der Waals surface area contributed by atoms with Gasteiger partial charge in [-0.2, -0.15) is 0 Å². The number of likely N-dealkylation sites (N-methyl/N-ethyl adjacent to an activating group) is 1. The molecule has 0 aromatic heterocycles. The minimum absolute atomic E-state index is 0.00685. The molecule has 3 aliphatic rings. The first-order chi connectivity index (χ1) is 12.6. The van der Waals surface area contributed by atoms with Gasteiger partial charge in [-0.3, -0.25) is 19.9 Å². The zero-order valence-corrected chi connectivity index (χ0v) is 15.7. The lowest BCUT2D eigenvalue weighted by molar-refractivity contribution is -0.126. The van der Waals surface area contributed by atoms with Gasteiger partial charge in [-0.25, -0.2) is 23.3 Å². The van der Waals surface area contributed by atoms with E-state index in [9.17, 15) is 18.0 Å². The minimum atomic E-state index is -3.79. The van der Waals surface area contributed by atoms with Crippen molar-refractivity contribution in [3.8, 4) is 0 Å². The molecule has 1 saturated heterocycles. The van der Waals surface area contributed by atoms with Gasteiger partial charge in [-0.15, -0.1) is 0 Å². The third kappa shape index (κ3) is 2.42. The summed E-state index contributed by atoms with van der Waals surface area (Å²) < 4.78 is 23.0. The molecule has 2 unspecified atom stereocenters. The Morgan fingerprint density at radius 2 is 1.74 bits per heavy atom. The SMILES string of the molecule is CC1=C(C)N2C(=NC3C2C(=O)NC(=O)N3C)N1c1ccc(S(N)(=O)=O)cc1. The normalized spacial score (nSPS) is 24.9. The molecule has 0 saturated carbocycles. The van der Waals surface area contributed by atoms with E-state index in [1.54, 1.807) is 24.1 Å². The van der Waals surface area contributed by atoms with Crippen molar-refractivity contribution in [3.05, 3.63) is 35.7 Å². The van der Waals surface area contributed by atoms with Crippen LogP contribution in [0.1, 0.15) is 13.8 Å². The Labute approximate surface area is 156 Å². The standard InChI is InChI=1S/C16H18N6O4S/c1-8-9(2)22-12-13(20(3)16(24)19-14(12)23)18-15(22)21(8)10-4-6-11(7-5-10)27(17,25)26/h4-7,12-13H,1-3H3,(H2,17,25,26)(H,19,23,24). The number of nitrogens with zero attached hydrogens (tertiary/aromatic N) is 4. The van der Waals surface area contributed by atoms with Crippen molar-refractivity contribution in [1.29, 1.82) is 0 Å². The molecule has 3 N–H and O–H groups in total. The van der Waals surface area contributed by atoms with Crippen molar-refractivity contribution >= 4 is 33.6 Å². The van der Waals surface area contributed by atoms with Gasteiger partial charge in [-0.05, 0) is 38.1 Å². The van der Waals surface area contributed by atoms with Crippen molar-refractivity contribution in [2.75, 3.05) is 11.9 Å². The highest BCUT2D eigenvalue weighted by Gasteiger charge is 2.53. The van der Waals surface area contributed by atoms with E-state index in [0.29, 0.717) is 11.6 Å². The summed E-state index contributed by atoms with van der Waals surface area (Å²) in [6.07, 6.45) is -0.629. The zero-order chi connectivity index (χ0) is 19.7. The average Bonchev–Trinajstić information content (AvgIpc) is 3.09. The van der Waals surface area contributed by atoms with Crippen LogP contribution in [0.5, 0.6) is 0 Å². The van der Waals surface area contributed by atoms with Crippen LogP contribution in [0.15, 0.2) is 45.5 Å². The molecule has 1 fully saturated rings. The summed E-state index contributed by atoms with van der Waals surface area (Å²) in [5.74, 6) is 0.112. The largest absolute Gasteiger partial charge is 0.325 e. The predicted octanol–water partition coefficient (Wildman–Crippen LogP) is -0.0467. The number of fused-ring (bicyclic) bond motifs is 3. The molecule has 0 bridgehead atoms. The Kier molecular flexibility index (Phi) is 3.59. The fourth-order valence-electron chi connectivity index (χ4n) is 3.55. The van der Waals surface area contributed by atoms with Gasteiger partial charge < -0.3 is 4.90 Å². The first-order valence-electron chi connectivity index (χ1n) is 8.16. The number of hydrogen-bond donors (Lipinski definition) is 2. The first-order valence-corrected chi connectivity index (χ1v) is 9.71. The molecule has 1 aromatic rings. The van der Waals surface area contributed by atoms with E-state index in [1.165, 1.54) is 17.0 Å². The number of primary sulfonamides is 1. The molecule has 10 nitrogen and oxygen atoms in total. The van der Waals surface area contributed by atoms with E-state index in [1.807, 2.05) is 18.7 Å². The molecule has 1 aromatic carbocycles. The van der Waals surface area contributed by atoms with E-state index < -0.39 is 34.2 Å². The first kappa shape index (κ1) is 17.5. The number of carbonyl (C=O) groups is 2. The number of anilines is 1. The second-order valence-corrected chi connectivity index (χ2v) is 8.17. The number of urea groups is 1. The molecule has 142 valence electrons. The lowest BCUT2D eigenvalue weighted by Gasteiger charge is -2.35. The smallest absolute Gasteiger partial charge is 0.303 e. The molecule has 3 heterocycles. The highest BCUT2D eigenvalue weighted by Crippen LogP contribution is 2.38. The Morgan fingerprint density at radius 3 is 2.33 bits per heavy atom. The number of sulfonamides is 1. The quantitative estimate of drug-likeness (QED) is 0.729. The van der Waals surface area contributed by atoms with Gasteiger partial charge in [0.25, 0.3) is 5.91 Å². The molecule has 0 spiro atoms. The molecule has 3 amide bonds. The van der Waals surface area contributed by atoms with Crippen LogP contribution >= 0.6 is 0 Å². The maximum absolute atomic E-state index is 12.4. The van der Waals surface area contributed by atoms with Crippen LogP contribution in [-0.4, -0.2) is 55.4 Å². The number of rotatable bonds is 2. The van der Waals surface area contributed by atoms with Crippen molar-refractivity contribution in [3.63, 3.8) is 0 Å². The summed E-state index contributed by atoms with van der Waals surface area (Å²) in [6.45, 7) is 3.75. The summed E-state index contributed by atoms with van der Waals surface area (Å²) in [7, 11) is -2.20. The van der Waals surface area contributed by atoms with Gasteiger partial charge in [0.2, 0.25) is 16.0 Å². The van der Waals surface area contributed by atoms with Crippen molar-refractivity contribution in [1.82, 2.24) is 15.1 Å². The van der Waals surface area contributed by atoms with Crippen LogP contribution in [0.3, 0.4) is 0 Å². The summed E-state index contributed by atoms with van der Waals surface area (Å²) >= 11 is 0. The number of imide groups is 1. The maximum Gasteiger partial charge on any atom is 0.325 e. The number of amides is 3. The van der Waals surface area contributed by atoms with E-state index in [0.717, 1.165) is 11.4 Å². The summed E-state index contributed by atoms with van der Waals surface area (Å²) in [6, 6.07) is 4.95. The number of aliphatic imine (C=N–C) groups is 1. The Bertz CT molecular complexity index is 1030. The summed E-state index contributed by atoms with van der Waals surface area (Å²) in [5.41, 5.74) is 2.35. The molecule has 0 aliphatic carbocycles. The summed E-state index contributed by atoms with van der Waals surface area (Å²) in [5, 5.41) is 7.49. The average molecular weight is 390 g/mol. The highest BCUT2D eigenvalue weighted by molar-refractivity contribution is 7.89. The van der Waals surface area contributed by atoms with E-state index in [4.69, 9.17) is 5.14 Å². The van der Waals surface area contributed by atoms with Crippen molar-refractivity contribution < 1.29 is 18.0 Å². The Morgan fingerprint density at radius 1 is 1.11 bits per heavy atom. The fourth-order valence-corrected chi connectivity index (χ4v) is 4.07. The number of nitrogens with two attached hydrogens (primary N) is 1. The lowest BCUT2D eigenvalue weighted by Crippen LogP contribution is -2.63. The van der Waals surface area contributed by atoms with Gasteiger partial charge in [-0.1, -0.05) is 0 Å². The van der Waals surface area contributed by atoms with Gasteiger partial charge in [0.05, 0.1) is 4.90 Å². The third-order valence-corrected chi connectivity index (χ3v) is 6.01. The lowest BCUT2D eigenvalue weighted by atomic mass is 10.1. The molecular weight excluding hydrogens is 372 g/mol. The molecule has 2 atom stereocenters. The zero-order valence-electron chi connectivity index (χ0n) is 14.9. The predicted molar refractivity (Wildman–Crippen MR) is 96.8 cm³/mol. The van der Waals surface area contributed by atoms with Crippen LogP contribution in [0.2, 0.25) is 0 Å². The van der Waals surface area contributed by atoms with Crippen LogP contribution in [0.25, 0.3) is 0 Å². The number of carbonyl (C=O) groups excluding carboxylic acids is 2. The Hall–Kier alpha value is -2.92. The molecule has 4 rings (SSSR count). The molecule has 0 radical (unpaired) electrons. The van der Waals surface area contributed by atoms with Gasteiger partial charge >= 0.3 is 6.03 Å². The second-order valence-electron chi connectivity index (χ2n) is 6.61. The summed E-state index contributed by atoms with van der Waals surface area (Å²) in [4.78, 5) is 34.0.